The van der Waals surface area contributed by atoms with Crippen LogP contribution in [0.1, 0.15) is 148 Å². The van der Waals surface area contributed by atoms with Crippen LogP contribution in [0.25, 0.3) is 0 Å². The second kappa shape index (κ2) is 12.1. The summed E-state index contributed by atoms with van der Waals surface area (Å²) in [7, 11) is 0. The van der Waals surface area contributed by atoms with Gasteiger partial charge >= 0.3 is 6.09 Å². The van der Waals surface area contributed by atoms with Gasteiger partial charge in [-0.1, -0.05) is 48.5 Å². The van der Waals surface area contributed by atoms with Gasteiger partial charge in [-0.2, -0.15) is 0 Å². The highest BCUT2D eigenvalue weighted by atomic mass is 16.6. The third kappa shape index (κ3) is 6.14. The molecule has 276 valence electrons. The number of hydrogen-bond donors (Lipinski definition) is 4. The van der Waals surface area contributed by atoms with Gasteiger partial charge in [0.05, 0.1) is 23.4 Å². The van der Waals surface area contributed by atoms with Gasteiger partial charge in [0.15, 0.2) is 0 Å². The Morgan fingerprint density at radius 3 is 2.04 bits per heavy atom. The smallest absolute Gasteiger partial charge is 0.408 e. The molecular weight excluding hydrogens is 604 g/mol. The molecule has 0 spiro atoms. The lowest BCUT2D eigenvalue weighted by Crippen LogP contribution is -2.68. The highest BCUT2D eigenvalue weighted by molar-refractivity contribution is 5.86. The summed E-state index contributed by atoms with van der Waals surface area (Å²) in [4.78, 5) is 26.4. The number of aliphatic hydroxyl groups is 2. The third-order valence-corrected chi connectivity index (χ3v) is 15.2. The monoisotopic (exact) mass is 675 g/mol. The Hall–Kier alpha value is -1.38. The van der Waals surface area contributed by atoms with Crippen LogP contribution in [0.5, 0.6) is 0 Å². The van der Waals surface area contributed by atoms with Crippen LogP contribution in [0.15, 0.2) is 0 Å². The maximum Gasteiger partial charge on any atom is 0.408 e. The van der Waals surface area contributed by atoms with E-state index >= 15 is 0 Å². The highest BCUT2D eigenvalue weighted by Crippen LogP contribution is 2.76. The van der Waals surface area contributed by atoms with E-state index in [1.54, 1.807) is 0 Å². The Bertz CT molecular complexity index is 1240. The molecule has 1 aliphatic heterocycles. The van der Waals surface area contributed by atoms with Crippen molar-refractivity contribution in [3.05, 3.63) is 0 Å². The number of hydrogen-bond acceptors (Lipinski definition) is 6. The molecule has 0 aromatic carbocycles. The van der Waals surface area contributed by atoms with E-state index in [1.165, 1.54) is 0 Å². The number of aliphatic hydroxyl groups excluding tert-OH is 1. The van der Waals surface area contributed by atoms with Gasteiger partial charge < -0.3 is 30.3 Å². The molecule has 4 N–H and O–H groups in total. The Labute approximate surface area is 291 Å². The summed E-state index contributed by atoms with van der Waals surface area (Å²) in [5.41, 5.74) is -1.87. The molecule has 0 aromatic heterocycles. The number of carbonyl (C=O) groups is 2. The number of alkyl carbamates (subject to hydrolysis) is 1. The van der Waals surface area contributed by atoms with Gasteiger partial charge in [-0.05, 0) is 151 Å². The van der Waals surface area contributed by atoms with E-state index in [1.807, 2.05) is 48.5 Å². The fraction of sp³-hybridized carbons (Fsp3) is 0.950. The number of carbonyl (C=O) groups excluding carboxylic acids is 2. The minimum atomic E-state index is -0.871. The summed E-state index contributed by atoms with van der Waals surface area (Å²) >= 11 is 0. The topological polar surface area (TPSA) is 117 Å². The molecule has 0 unspecified atom stereocenters. The van der Waals surface area contributed by atoms with Gasteiger partial charge in [-0.3, -0.25) is 4.79 Å². The van der Waals surface area contributed by atoms with Crippen molar-refractivity contribution in [3.63, 3.8) is 0 Å². The highest BCUT2D eigenvalue weighted by Gasteiger charge is 2.72. The molecule has 5 rings (SSSR count). The standard InChI is InChI=1S/C40H70N2O6/c1-23(2)31(42-33(45)48-34(3,4)5)32(44)41-28-16-18-37(10)26(35(28,6)7)15-20-38(11)27(37)22-25(43)30-24(14-19-39(30,38)12)40(13)21-17-29(47-40)36(8,9)46/h23-31,43,46H,14-22H2,1-13H3,(H,41,44)(H,42,45)/t24-,25+,26-,27+,28-,29+,30-,31-,37-,38+,39+,40-/m0/s1. The quantitative estimate of drug-likeness (QED) is 0.234. The lowest BCUT2D eigenvalue weighted by atomic mass is 9.35. The van der Waals surface area contributed by atoms with Crippen molar-refractivity contribution in [2.45, 2.75) is 189 Å². The van der Waals surface area contributed by atoms with Crippen LogP contribution in [0.4, 0.5) is 4.79 Å². The molecule has 1 saturated heterocycles. The molecule has 8 nitrogen and oxygen atoms in total. The van der Waals surface area contributed by atoms with E-state index in [-0.39, 0.29) is 69.2 Å². The first kappa shape index (κ1) is 37.9. The summed E-state index contributed by atoms with van der Waals surface area (Å²) in [5.74, 6) is 1.00. The van der Waals surface area contributed by atoms with E-state index < -0.39 is 23.3 Å². The maximum absolute atomic E-state index is 13.8. The van der Waals surface area contributed by atoms with E-state index in [0.717, 1.165) is 57.8 Å². The van der Waals surface area contributed by atoms with Crippen LogP contribution in [0.2, 0.25) is 0 Å². The summed E-state index contributed by atoms with van der Waals surface area (Å²) in [6.07, 6.45) is 7.73. The van der Waals surface area contributed by atoms with Crippen LogP contribution in [-0.2, 0) is 14.3 Å². The van der Waals surface area contributed by atoms with Crippen LogP contribution in [-0.4, -0.2) is 63.3 Å². The number of fused-ring (bicyclic) bond motifs is 5. The van der Waals surface area contributed by atoms with Crippen molar-refractivity contribution in [1.82, 2.24) is 10.6 Å². The Morgan fingerprint density at radius 2 is 1.48 bits per heavy atom. The van der Waals surface area contributed by atoms with Gasteiger partial charge in [-0.15, -0.1) is 0 Å². The molecule has 4 saturated carbocycles. The van der Waals surface area contributed by atoms with Crippen LogP contribution < -0.4 is 10.6 Å². The largest absolute Gasteiger partial charge is 0.444 e. The van der Waals surface area contributed by atoms with E-state index in [9.17, 15) is 19.8 Å². The normalized spacial score (nSPS) is 44.7. The average molecular weight is 675 g/mol. The van der Waals surface area contributed by atoms with Gasteiger partial charge in [0, 0.05) is 6.04 Å². The first-order valence-corrected chi connectivity index (χ1v) is 19.2. The molecule has 4 aliphatic carbocycles. The van der Waals surface area contributed by atoms with Crippen LogP contribution in [0, 0.1) is 51.2 Å². The van der Waals surface area contributed by atoms with Gasteiger partial charge in [-0.25, -0.2) is 4.79 Å². The minimum absolute atomic E-state index is 0.000193. The second-order valence-electron chi connectivity index (χ2n) is 20.4. The van der Waals surface area contributed by atoms with E-state index in [2.05, 4.69) is 52.2 Å². The summed E-state index contributed by atoms with van der Waals surface area (Å²) in [6.45, 7) is 27.5. The van der Waals surface area contributed by atoms with Crippen molar-refractivity contribution >= 4 is 12.0 Å². The lowest BCUT2D eigenvalue weighted by molar-refractivity contribution is -0.240. The molecule has 5 aliphatic rings. The average Bonchev–Trinajstić information content (AvgIpc) is 3.52. The molecule has 1 heterocycles. The SMILES string of the molecule is CC(C)[C@H](NC(=O)OC(C)(C)C)C(=O)N[C@H]1CC[C@]2(C)[C@H]3C[C@@H](O)[C@@H]4[C@@H]([C@]5(C)CC[C@H](C(C)(C)O)O5)CC[C@@]4(C)[C@]3(C)CC[C@H]2C1(C)C. The first-order chi connectivity index (χ1) is 21.8. The van der Waals surface area contributed by atoms with E-state index in [0.29, 0.717) is 11.8 Å². The van der Waals surface area contributed by atoms with E-state index in [4.69, 9.17) is 9.47 Å². The summed E-state index contributed by atoms with van der Waals surface area (Å²) in [5, 5.41) is 29.2. The Kier molecular flexibility index (Phi) is 9.55. The fourth-order valence-corrected chi connectivity index (χ4v) is 12.6. The zero-order chi connectivity index (χ0) is 36.0. The molecule has 2 amide bonds. The van der Waals surface area contributed by atoms with Crippen molar-refractivity contribution in [2.75, 3.05) is 0 Å². The number of amides is 2. The first-order valence-electron chi connectivity index (χ1n) is 19.2. The molecule has 0 aromatic rings. The number of ether oxygens (including phenoxy) is 2. The van der Waals surface area contributed by atoms with Crippen LogP contribution in [0.3, 0.4) is 0 Å². The van der Waals surface area contributed by atoms with Gasteiger partial charge in [0.1, 0.15) is 11.6 Å². The van der Waals surface area contributed by atoms with Crippen molar-refractivity contribution in [2.24, 2.45) is 51.2 Å². The molecule has 48 heavy (non-hydrogen) atoms. The summed E-state index contributed by atoms with van der Waals surface area (Å²) < 4.78 is 12.2. The molecule has 8 heteroatoms. The Balaban J connectivity index is 1.35. The second-order valence-corrected chi connectivity index (χ2v) is 20.4. The predicted molar refractivity (Wildman–Crippen MR) is 189 cm³/mol. The number of rotatable bonds is 6. The maximum atomic E-state index is 13.8. The molecule has 0 radical (unpaired) electrons. The summed E-state index contributed by atoms with van der Waals surface area (Å²) in [6, 6.07) is -0.686. The molecular formula is C40H70N2O6. The molecule has 5 fully saturated rings. The van der Waals surface area contributed by atoms with Crippen molar-refractivity contribution in [1.29, 1.82) is 0 Å². The Morgan fingerprint density at radius 1 is 0.854 bits per heavy atom. The fourth-order valence-electron chi connectivity index (χ4n) is 12.6. The van der Waals surface area contributed by atoms with Crippen LogP contribution >= 0.6 is 0 Å². The number of nitrogens with one attached hydrogen (secondary N) is 2. The van der Waals surface area contributed by atoms with Gasteiger partial charge in [0.2, 0.25) is 5.91 Å². The minimum Gasteiger partial charge on any atom is -0.444 e. The molecule has 0 bridgehead atoms. The van der Waals surface area contributed by atoms with Crippen molar-refractivity contribution < 1.29 is 29.3 Å². The third-order valence-electron chi connectivity index (χ3n) is 15.2. The van der Waals surface area contributed by atoms with Crippen molar-refractivity contribution in [3.8, 4) is 0 Å². The lowest BCUT2D eigenvalue weighted by Gasteiger charge is -2.71. The zero-order valence-corrected chi connectivity index (χ0v) is 32.6. The molecule has 12 atom stereocenters. The van der Waals surface area contributed by atoms with Gasteiger partial charge in [0.25, 0.3) is 0 Å². The predicted octanol–water partition coefficient (Wildman–Crippen LogP) is 7.39. The zero-order valence-electron chi connectivity index (χ0n) is 32.6.